The average molecular weight is 374 g/mol. The summed E-state index contributed by atoms with van der Waals surface area (Å²) in [5, 5.41) is 11.5. The van der Waals surface area contributed by atoms with Crippen LogP contribution >= 0.6 is 23.1 Å². The number of anilines is 1. The zero-order valence-corrected chi connectivity index (χ0v) is 15.6. The molecular formula is C17H18N4O2S2. The Labute approximate surface area is 154 Å². The van der Waals surface area contributed by atoms with Gasteiger partial charge in [0.25, 0.3) is 5.89 Å². The van der Waals surface area contributed by atoms with E-state index in [9.17, 15) is 4.79 Å². The van der Waals surface area contributed by atoms with E-state index in [0.717, 1.165) is 27.8 Å². The van der Waals surface area contributed by atoms with Gasteiger partial charge in [0.2, 0.25) is 5.91 Å². The van der Waals surface area contributed by atoms with Crippen LogP contribution in [0.25, 0.3) is 10.8 Å². The zero-order chi connectivity index (χ0) is 17.6. The van der Waals surface area contributed by atoms with Gasteiger partial charge >= 0.3 is 6.01 Å². The number of benzene rings is 1. The van der Waals surface area contributed by atoms with E-state index in [2.05, 4.69) is 32.6 Å². The number of amides is 1. The van der Waals surface area contributed by atoms with Gasteiger partial charge < -0.3 is 4.42 Å². The summed E-state index contributed by atoms with van der Waals surface area (Å²) < 4.78 is 5.52. The summed E-state index contributed by atoms with van der Waals surface area (Å²) in [4.78, 5) is 18.4. The van der Waals surface area contributed by atoms with E-state index in [1.165, 1.54) is 16.2 Å². The largest absolute Gasteiger partial charge is 0.402 e. The molecule has 0 unspecified atom stereocenters. The highest BCUT2D eigenvalue weighted by molar-refractivity contribution is 7.99. The average Bonchev–Trinajstić information content (AvgIpc) is 3.18. The maximum Gasteiger partial charge on any atom is 0.322 e. The van der Waals surface area contributed by atoms with Crippen LogP contribution in [0.2, 0.25) is 0 Å². The molecule has 0 atom stereocenters. The first-order valence-electron chi connectivity index (χ1n) is 7.87. The molecule has 0 saturated carbocycles. The molecular weight excluding hydrogens is 356 g/mol. The Morgan fingerprint density at radius 1 is 1.24 bits per heavy atom. The van der Waals surface area contributed by atoms with E-state index in [-0.39, 0.29) is 11.9 Å². The van der Waals surface area contributed by atoms with Crippen molar-refractivity contribution in [2.24, 2.45) is 0 Å². The summed E-state index contributed by atoms with van der Waals surface area (Å²) in [6, 6.07) is 10.3. The minimum atomic E-state index is -0.124. The van der Waals surface area contributed by atoms with Crippen molar-refractivity contribution in [3.8, 4) is 10.8 Å². The number of hydrogen-bond donors (Lipinski definition) is 1. The monoisotopic (exact) mass is 374 g/mol. The van der Waals surface area contributed by atoms with Gasteiger partial charge in [0.15, 0.2) is 0 Å². The van der Waals surface area contributed by atoms with Gasteiger partial charge in [-0.1, -0.05) is 23.3 Å². The topological polar surface area (TPSA) is 80.9 Å². The fourth-order valence-electron chi connectivity index (χ4n) is 2.22. The Kier molecular flexibility index (Phi) is 5.83. The van der Waals surface area contributed by atoms with Gasteiger partial charge in [0, 0.05) is 11.3 Å². The number of rotatable bonds is 7. The van der Waals surface area contributed by atoms with Gasteiger partial charge in [-0.15, -0.1) is 28.2 Å². The maximum absolute atomic E-state index is 12.0. The third-order valence-electron chi connectivity index (χ3n) is 3.33. The smallest absolute Gasteiger partial charge is 0.322 e. The molecule has 3 aromatic rings. The third-order valence-corrected chi connectivity index (χ3v) is 5.49. The van der Waals surface area contributed by atoms with Gasteiger partial charge in [0.1, 0.15) is 4.88 Å². The molecule has 2 aromatic heterocycles. The highest BCUT2D eigenvalue weighted by Gasteiger charge is 2.16. The molecule has 0 aliphatic rings. The standard InChI is InChI=1S/C17H18N4O2S2/c1-11-15(25-12(2)18-11)16-20-21-17(23-16)19-14(22)9-6-10-24-13-7-4-3-5-8-13/h3-5,7-8H,6,9-10H2,1-2H3,(H,19,21,22). The lowest BCUT2D eigenvalue weighted by molar-refractivity contribution is -0.116. The minimum Gasteiger partial charge on any atom is -0.402 e. The molecule has 0 spiro atoms. The fourth-order valence-corrected chi connectivity index (χ4v) is 3.93. The van der Waals surface area contributed by atoms with Crippen molar-refractivity contribution in [2.75, 3.05) is 11.1 Å². The summed E-state index contributed by atoms with van der Waals surface area (Å²) in [6.45, 7) is 3.82. The summed E-state index contributed by atoms with van der Waals surface area (Å²) in [6.07, 6.45) is 1.19. The van der Waals surface area contributed by atoms with E-state index in [1.807, 2.05) is 32.0 Å². The van der Waals surface area contributed by atoms with Crippen molar-refractivity contribution in [3.05, 3.63) is 41.0 Å². The second-order valence-corrected chi connectivity index (χ2v) is 7.74. The number of nitrogens with one attached hydrogen (secondary N) is 1. The Morgan fingerprint density at radius 3 is 2.76 bits per heavy atom. The second-order valence-electron chi connectivity index (χ2n) is 5.37. The lowest BCUT2D eigenvalue weighted by Crippen LogP contribution is -2.11. The summed E-state index contributed by atoms with van der Waals surface area (Å²) >= 11 is 3.23. The first-order valence-corrected chi connectivity index (χ1v) is 9.67. The summed E-state index contributed by atoms with van der Waals surface area (Å²) in [7, 11) is 0. The lowest BCUT2D eigenvalue weighted by atomic mass is 10.3. The van der Waals surface area contributed by atoms with Gasteiger partial charge in [-0.05, 0) is 38.2 Å². The van der Waals surface area contributed by atoms with E-state index >= 15 is 0 Å². The highest BCUT2D eigenvalue weighted by atomic mass is 32.2. The molecule has 0 aliphatic heterocycles. The molecule has 2 heterocycles. The van der Waals surface area contributed by atoms with Crippen LogP contribution in [0.15, 0.2) is 39.6 Å². The number of aromatic nitrogens is 3. The number of thioether (sulfide) groups is 1. The SMILES string of the molecule is Cc1nc(C)c(-c2nnc(NC(=O)CCCSc3ccccc3)o2)s1. The van der Waals surface area contributed by atoms with Gasteiger partial charge in [0.05, 0.1) is 10.7 Å². The van der Waals surface area contributed by atoms with E-state index in [4.69, 9.17) is 4.42 Å². The highest BCUT2D eigenvalue weighted by Crippen LogP contribution is 2.29. The van der Waals surface area contributed by atoms with Gasteiger partial charge in [-0.2, -0.15) is 0 Å². The number of aryl methyl sites for hydroxylation is 2. The van der Waals surface area contributed by atoms with Crippen molar-refractivity contribution in [1.29, 1.82) is 0 Å². The molecule has 0 aliphatic carbocycles. The number of carbonyl (C=O) groups is 1. The van der Waals surface area contributed by atoms with E-state index < -0.39 is 0 Å². The Balaban J connectivity index is 1.46. The van der Waals surface area contributed by atoms with E-state index in [0.29, 0.717) is 12.3 Å². The van der Waals surface area contributed by atoms with Crippen molar-refractivity contribution in [3.63, 3.8) is 0 Å². The maximum atomic E-state index is 12.0. The first-order chi connectivity index (χ1) is 12.1. The molecule has 8 heteroatoms. The van der Waals surface area contributed by atoms with Crippen LogP contribution in [0.3, 0.4) is 0 Å². The van der Waals surface area contributed by atoms with Crippen molar-refractivity contribution in [2.45, 2.75) is 31.6 Å². The number of hydrogen-bond acceptors (Lipinski definition) is 7. The molecule has 3 rings (SSSR count). The molecule has 6 nitrogen and oxygen atoms in total. The molecule has 0 radical (unpaired) electrons. The van der Waals surface area contributed by atoms with Crippen LogP contribution in [0.1, 0.15) is 23.5 Å². The lowest BCUT2D eigenvalue weighted by Gasteiger charge is -2.01. The predicted octanol–water partition coefficient (Wildman–Crippen LogP) is 4.32. The van der Waals surface area contributed by atoms with Crippen LogP contribution in [0, 0.1) is 13.8 Å². The molecule has 1 aromatic carbocycles. The third kappa shape index (κ3) is 4.90. The number of thiazole rings is 1. The van der Waals surface area contributed by atoms with Crippen molar-refractivity contribution in [1.82, 2.24) is 15.2 Å². The first kappa shape index (κ1) is 17.6. The van der Waals surface area contributed by atoms with Crippen LogP contribution in [0.4, 0.5) is 6.01 Å². The molecule has 0 fully saturated rings. The zero-order valence-electron chi connectivity index (χ0n) is 14.0. The van der Waals surface area contributed by atoms with Crippen LogP contribution in [-0.2, 0) is 4.79 Å². The Morgan fingerprint density at radius 2 is 2.04 bits per heavy atom. The second kappa shape index (κ2) is 8.26. The summed E-state index contributed by atoms with van der Waals surface area (Å²) in [5.41, 5.74) is 0.849. The van der Waals surface area contributed by atoms with Crippen LogP contribution < -0.4 is 5.32 Å². The van der Waals surface area contributed by atoms with E-state index in [1.54, 1.807) is 11.8 Å². The normalized spacial score (nSPS) is 10.8. The molecule has 25 heavy (non-hydrogen) atoms. The minimum absolute atomic E-state index is 0.124. The number of carbonyl (C=O) groups excluding carboxylic acids is 1. The number of nitrogens with zero attached hydrogens (tertiary/aromatic N) is 3. The molecule has 0 saturated heterocycles. The Bertz CT molecular complexity index is 845. The van der Waals surface area contributed by atoms with Crippen molar-refractivity contribution < 1.29 is 9.21 Å². The Hall–Kier alpha value is -2.19. The quantitative estimate of drug-likeness (QED) is 0.490. The van der Waals surface area contributed by atoms with Gasteiger partial charge in [-0.3, -0.25) is 10.1 Å². The summed E-state index contributed by atoms with van der Waals surface area (Å²) in [5.74, 6) is 1.14. The molecule has 130 valence electrons. The molecule has 0 bridgehead atoms. The fraction of sp³-hybridized carbons (Fsp3) is 0.294. The van der Waals surface area contributed by atoms with Crippen molar-refractivity contribution >= 4 is 35.0 Å². The van der Waals surface area contributed by atoms with Gasteiger partial charge in [-0.25, -0.2) is 4.98 Å². The molecule has 1 N–H and O–H groups in total. The molecule has 1 amide bonds. The predicted molar refractivity (Wildman–Crippen MR) is 99.9 cm³/mol. The van der Waals surface area contributed by atoms with Crippen LogP contribution in [0.5, 0.6) is 0 Å². The van der Waals surface area contributed by atoms with Crippen LogP contribution in [-0.4, -0.2) is 26.8 Å².